The molecule has 0 aromatic heterocycles. The molecular weight excluding hydrogens is 554 g/mol. The highest BCUT2D eigenvalue weighted by Gasteiger charge is 2.36. The fourth-order valence-corrected chi connectivity index (χ4v) is 7.36. The minimum atomic E-state index is -0.0383. The standard InChI is InChI=1S/C35H59N5O4/c1-28(7-6-21-41)40(27-42)34-12-9-30(23-35(34)37(3)4)24-38-19-14-29(15-20-38)25-44-33(13-17-36-2)16-22-43-26-32-11-10-31-8-5-18-39(31)32/h9,12,21,23,27-29,31-33,36H,5-8,10-11,13-20,22,24-26H2,1-4H3. The zero-order valence-electron chi connectivity index (χ0n) is 27.9. The molecule has 3 heterocycles. The molecule has 0 saturated carbocycles. The van der Waals surface area contributed by atoms with Gasteiger partial charge in [-0.05, 0) is 122 Å². The van der Waals surface area contributed by atoms with E-state index in [-0.39, 0.29) is 12.1 Å². The summed E-state index contributed by atoms with van der Waals surface area (Å²) in [6.45, 7) is 9.77. The Morgan fingerprint density at radius 1 is 1.00 bits per heavy atom. The second-order valence-electron chi connectivity index (χ2n) is 13.5. The molecule has 3 fully saturated rings. The van der Waals surface area contributed by atoms with E-state index >= 15 is 0 Å². The van der Waals surface area contributed by atoms with Gasteiger partial charge in [0.1, 0.15) is 6.29 Å². The lowest BCUT2D eigenvalue weighted by Crippen LogP contribution is -2.36. The summed E-state index contributed by atoms with van der Waals surface area (Å²) in [5.41, 5.74) is 3.17. The highest BCUT2D eigenvalue weighted by molar-refractivity contribution is 5.84. The smallest absolute Gasteiger partial charge is 0.214 e. The van der Waals surface area contributed by atoms with E-state index in [1.54, 1.807) is 4.90 Å². The molecule has 1 aromatic rings. The number of carbonyl (C=O) groups excluding carboxylic acids is 2. The van der Waals surface area contributed by atoms with Crippen molar-refractivity contribution in [2.45, 2.75) is 102 Å². The Hall–Kier alpha value is -2.04. The number of fused-ring (bicyclic) bond motifs is 1. The fraction of sp³-hybridized carbons (Fsp3) is 0.771. The van der Waals surface area contributed by atoms with Crippen LogP contribution in [0.4, 0.5) is 11.4 Å². The number of likely N-dealkylation sites (tertiary alicyclic amines) is 1. The number of benzene rings is 1. The van der Waals surface area contributed by atoms with Crippen molar-refractivity contribution in [2.24, 2.45) is 5.92 Å². The van der Waals surface area contributed by atoms with E-state index in [1.165, 1.54) is 37.8 Å². The Morgan fingerprint density at radius 2 is 1.82 bits per heavy atom. The zero-order valence-corrected chi connectivity index (χ0v) is 27.9. The first-order chi connectivity index (χ1) is 21.4. The van der Waals surface area contributed by atoms with Gasteiger partial charge in [0.2, 0.25) is 6.41 Å². The van der Waals surface area contributed by atoms with E-state index in [0.717, 1.165) is 102 Å². The van der Waals surface area contributed by atoms with Crippen LogP contribution in [0.3, 0.4) is 0 Å². The summed E-state index contributed by atoms with van der Waals surface area (Å²) < 4.78 is 12.7. The molecule has 4 unspecified atom stereocenters. The van der Waals surface area contributed by atoms with Crippen LogP contribution >= 0.6 is 0 Å². The summed E-state index contributed by atoms with van der Waals surface area (Å²) in [5.74, 6) is 0.601. The predicted molar refractivity (Wildman–Crippen MR) is 179 cm³/mol. The maximum atomic E-state index is 12.0. The number of anilines is 2. The van der Waals surface area contributed by atoms with Gasteiger partial charge in [0.25, 0.3) is 0 Å². The normalized spacial score (nSPS) is 22.5. The lowest BCUT2D eigenvalue weighted by Gasteiger charge is -2.33. The van der Waals surface area contributed by atoms with E-state index < -0.39 is 0 Å². The van der Waals surface area contributed by atoms with Crippen molar-refractivity contribution in [1.29, 1.82) is 0 Å². The maximum Gasteiger partial charge on any atom is 0.214 e. The molecule has 1 aromatic carbocycles. The Bertz CT molecular complexity index is 1000. The van der Waals surface area contributed by atoms with Gasteiger partial charge in [0, 0.05) is 58.4 Å². The van der Waals surface area contributed by atoms with Crippen molar-refractivity contribution in [3.63, 3.8) is 0 Å². The maximum absolute atomic E-state index is 12.0. The molecule has 0 aliphatic carbocycles. The number of piperidine rings is 1. The van der Waals surface area contributed by atoms with Crippen molar-refractivity contribution in [2.75, 3.05) is 76.9 Å². The number of aldehydes is 1. The molecule has 1 N–H and O–H groups in total. The lowest BCUT2D eigenvalue weighted by atomic mass is 9.97. The Labute approximate surface area is 266 Å². The van der Waals surface area contributed by atoms with Gasteiger partial charge in [-0.2, -0.15) is 0 Å². The van der Waals surface area contributed by atoms with E-state index in [2.05, 4.69) is 38.2 Å². The number of nitrogens with zero attached hydrogens (tertiary/aromatic N) is 4. The number of hydrogen-bond acceptors (Lipinski definition) is 8. The third kappa shape index (κ3) is 9.98. The van der Waals surface area contributed by atoms with Gasteiger partial charge < -0.3 is 29.4 Å². The van der Waals surface area contributed by atoms with Crippen LogP contribution in [-0.4, -0.2) is 114 Å². The van der Waals surface area contributed by atoms with Crippen molar-refractivity contribution in [3.05, 3.63) is 23.8 Å². The highest BCUT2D eigenvalue weighted by Crippen LogP contribution is 2.33. The van der Waals surface area contributed by atoms with Gasteiger partial charge in [-0.3, -0.25) is 14.6 Å². The molecular formula is C35H59N5O4. The SMILES string of the molecule is CNCCC(CCOCC1CCC2CCCN21)OCC1CCN(Cc2ccc(N(C=O)C(C)CCC=O)c(N(C)C)c2)CC1. The van der Waals surface area contributed by atoms with Crippen LogP contribution in [0, 0.1) is 5.92 Å². The van der Waals surface area contributed by atoms with Crippen LogP contribution < -0.4 is 15.1 Å². The van der Waals surface area contributed by atoms with E-state index in [0.29, 0.717) is 24.8 Å². The van der Waals surface area contributed by atoms with Crippen LogP contribution in [0.25, 0.3) is 0 Å². The first-order valence-corrected chi connectivity index (χ1v) is 17.2. The zero-order chi connectivity index (χ0) is 31.3. The number of carbonyl (C=O) groups is 2. The molecule has 44 heavy (non-hydrogen) atoms. The van der Waals surface area contributed by atoms with Crippen molar-refractivity contribution < 1.29 is 19.1 Å². The molecule has 3 saturated heterocycles. The minimum absolute atomic E-state index is 0.0383. The molecule has 0 radical (unpaired) electrons. The quantitative estimate of drug-likeness (QED) is 0.172. The summed E-state index contributed by atoms with van der Waals surface area (Å²) in [5, 5.41) is 3.29. The number of ether oxygens (including phenoxy) is 2. The Kier molecular flexibility index (Phi) is 14.4. The van der Waals surface area contributed by atoms with Crippen molar-refractivity contribution >= 4 is 24.1 Å². The third-order valence-electron chi connectivity index (χ3n) is 10.1. The average Bonchev–Trinajstić information content (AvgIpc) is 3.65. The Morgan fingerprint density at radius 3 is 2.55 bits per heavy atom. The Balaban J connectivity index is 1.20. The number of nitrogens with one attached hydrogen (secondary N) is 1. The molecule has 3 aliphatic heterocycles. The molecule has 1 amide bonds. The highest BCUT2D eigenvalue weighted by atomic mass is 16.5. The number of amides is 1. The molecule has 0 bridgehead atoms. The largest absolute Gasteiger partial charge is 0.380 e. The molecule has 9 heteroatoms. The van der Waals surface area contributed by atoms with Crippen LogP contribution in [-0.2, 0) is 25.6 Å². The van der Waals surface area contributed by atoms with Gasteiger partial charge in [-0.15, -0.1) is 0 Å². The van der Waals surface area contributed by atoms with E-state index in [4.69, 9.17) is 9.47 Å². The lowest BCUT2D eigenvalue weighted by molar-refractivity contribution is -0.109. The van der Waals surface area contributed by atoms with Gasteiger partial charge in [-0.25, -0.2) is 0 Å². The summed E-state index contributed by atoms with van der Waals surface area (Å²) in [7, 11) is 6.04. The molecule has 4 atom stereocenters. The second kappa shape index (κ2) is 18.2. The molecule has 3 aliphatic rings. The summed E-state index contributed by atoms with van der Waals surface area (Å²) in [6, 6.07) is 7.83. The van der Waals surface area contributed by atoms with Crippen LogP contribution in [0.15, 0.2) is 18.2 Å². The first kappa shape index (κ1) is 34.8. The van der Waals surface area contributed by atoms with E-state index in [9.17, 15) is 9.59 Å². The van der Waals surface area contributed by atoms with Gasteiger partial charge in [0.15, 0.2) is 0 Å². The van der Waals surface area contributed by atoms with Crippen LogP contribution in [0.5, 0.6) is 0 Å². The monoisotopic (exact) mass is 613 g/mol. The summed E-state index contributed by atoms with van der Waals surface area (Å²) >= 11 is 0. The molecule has 248 valence electrons. The van der Waals surface area contributed by atoms with Crippen LogP contribution in [0.2, 0.25) is 0 Å². The van der Waals surface area contributed by atoms with Gasteiger partial charge in [0.05, 0.1) is 24.1 Å². The van der Waals surface area contributed by atoms with Crippen molar-refractivity contribution in [1.82, 2.24) is 15.1 Å². The topological polar surface area (TPSA) is 77.6 Å². The fourth-order valence-electron chi connectivity index (χ4n) is 7.36. The predicted octanol–water partition coefficient (Wildman–Crippen LogP) is 4.32. The van der Waals surface area contributed by atoms with Gasteiger partial charge in [-0.1, -0.05) is 6.07 Å². The average molecular weight is 614 g/mol. The third-order valence-corrected chi connectivity index (χ3v) is 10.1. The summed E-state index contributed by atoms with van der Waals surface area (Å²) in [4.78, 5) is 31.9. The number of hydrogen-bond donors (Lipinski definition) is 1. The minimum Gasteiger partial charge on any atom is -0.380 e. The van der Waals surface area contributed by atoms with E-state index in [1.807, 2.05) is 28.1 Å². The molecule has 0 spiro atoms. The van der Waals surface area contributed by atoms with Gasteiger partial charge >= 0.3 is 0 Å². The summed E-state index contributed by atoms with van der Waals surface area (Å²) in [6.07, 6.45) is 12.9. The second-order valence-corrected chi connectivity index (χ2v) is 13.5. The number of rotatable bonds is 20. The molecule has 9 nitrogen and oxygen atoms in total. The first-order valence-electron chi connectivity index (χ1n) is 17.2. The molecule has 4 rings (SSSR count). The van der Waals surface area contributed by atoms with Crippen molar-refractivity contribution in [3.8, 4) is 0 Å². The van der Waals surface area contributed by atoms with Crippen LogP contribution in [0.1, 0.15) is 76.7 Å².